The number of hydrogen-bond donors (Lipinski definition) is 1. The zero-order valence-electron chi connectivity index (χ0n) is 13.7. The minimum atomic E-state index is -0.600. The predicted octanol–water partition coefficient (Wildman–Crippen LogP) is 4.25. The lowest BCUT2D eigenvalue weighted by Gasteiger charge is -2.20. The molecule has 0 aliphatic carbocycles. The van der Waals surface area contributed by atoms with Crippen molar-refractivity contribution in [3.8, 4) is 11.5 Å². The first-order valence-electron chi connectivity index (χ1n) is 6.95. The van der Waals surface area contributed by atoms with Gasteiger partial charge in [0, 0.05) is 11.5 Å². The molecule has 6 nitrogen and oxygen atoms in total. The van der Waals surface area contributed by atoms with E-state index in [0.717, 1.165) is 0 Å². The van der Waals surface area contributed by atoms with Crippen LogP contribution in [0.4, 0.5) is 10.5 Å². The van der Waals surface area contributed by atoms with E-state index in [1.807, 2.05) is 0 Å². The van der Waals surface area contributed by atoms with Gasteiger partial charge in [0.1, 0.15) is 5.60 Å². The summed E-state index contributed by atoms with van der Waals surface area (Å²) in [6.45, 7) is 5.35. The van der Waals surface area contributed by atoms with E-state index >= 15 is 0 Å². The van der Waals surface area contributed by atoms with Crippen molar-refractivity contribution in [1.82, 2.24) is 4.98 Å². The molecular formula is C16H19ClN2O4. The van der Waals surface area contributed by atoms with Gasteiger partial charge in [0.2, 0.25) is 0 Å². The van der Waals surface area contributed by atoms with Gasteiger partial charge < -0.3 is 14.2 Å². The number of methoxy groups -OCH3 is 2. The Morgan fingerprint density at radius 3 is 2.35 bits per heavy atom. The van der Waals surface area contributed by atoms with Crippen molar-refractivity contribution >= 4 is 34.3 Å². The summed E-state index contributed by atoms with van der Waals surface area (Å²) in [4.78, 5) is 16.2. The van der Waals surface area contributed by atoms with Crippen LogP contribution >= 0.6 is 11.6 Å². The standard InChI is InChI=1S/C16H19ClN2O4/c1-16(2,3)23-15(20)19-11-8-18-10-7-13(22-5)12(21-4)6-9(10)14(11)17/h6-8H,1-5H3,(H,19,20). The number of ether oxygens (including phenoxy) is 3. The third-order valence-corrected chi connectivity index (χ3v) is 3.35. The third kappa shape index (κ3) is 3.96. The predicted molar refractivity (Wildman–Crippen MR) is 89.7 cm³/mol. The first kappa shape index (κ1) is 17.1. The lowest BCUT2D eigenvalue weighted by Crippen LogP contribution is -2.27. The van der Waals surface area contributed by atoms with Crippen LogP contribution < -0.4 is 14.8 Å². The van der Waals surface area contributed by atoms with Gasteiger partial charge in [-0.15, -0.1) is 0 Å². The van der Waals surface area contributed by atoms with Gasteiger partial charge in [-0.3, -0.25) is 10.3 Å². The Bertz CT molecular complexity index is 741. The second-order valence-corrected chi connectivity index (χ2v) is 6.22. The number of nitrogens with zero attached hydrogens (tertiary/aromatic N) is 1. The van der Waals surface area contributed by atoms with Crippen LogP contribution in [0.15, 0.2) is 18.3 Å². The largest absolute Gasteiger partial charge is 0.493 e. The highest BCUT2D eigenvalue weighted by Gasteiger charge is 2.18. The Hall–Kier alpha value is -2.21. The summed E-state index contributed by atoms with van der Waals surface area (Å²) in [6.07, 6.45) is 0.876. The van der Waals surface area contributed by atoms with Crippen molar-refractivity contribution in [3.63, 3.8) is 0 Å². The summed E-state index contributed by atoms with van der Waals surface area (Å²) in [5, 5.41) is 3.58. The highest BCUT2D eigenvalue weighted by molar-refractivity contribution is 6.38. The number of rotatable bonds is 3. The van der Waals surface area contributed by atoms with E-state index in [1.165, 1.54) is 13.3 Å². The number of pyridine rings is 1. The average molecular weight is 339 g/mol. The number of anilines is 1. The van der Waals surface area contributed by atoms with Gasteiger partial charge in [0.05, 0.1) is 36.6 Å². The zero-order valence-corrected chi connectivity index (χ0v) is 14.4. The molecule has 1 aromatic heterocycles. The molecule has 0 unspecified atom stereocenters. The molecule has 0 atom stereocenters. The van der Waals surface area contributed by atoms with E-state index in [-0.39, 0.29) is 0 Å². The van der Waals surface area contributed by atoms with Crippen LogP contribution in [-0.4, -0.2) is 30.9 Å². The van der Waals surface area contributed by atoms with Crippen molar-refractivity contribution in [2.75, 3.05) is 19.5 Å². The maximum atomic E-state index is 11.9. The number of amides is 1. The van der Waals surface area contributed by atoms with E-state index in [9.17, 15) is 4.79 Å². The van der Waals surface area contributed by atoms with Crippen LogP contribution in [0.3, 0.4) is 0 Å². The van der Waals surface area contributed by atoms with Crippen molar-refractivity contribution in [2.45, 2.75) is 26.4 Å². The van der Waals surface area contributed by atoms with Gasteiger partial charge in [-0.25, -0.2) is 4.79 Å². The monoisotopic (exact) mass is 338 g/mol. The van der Waals surface area contributed by atoms with Gasteiger partial charge >= 0.3 is 6.09 Å². The van der Waals surface area contributed by atoms with Crippen molar-refractivity contribution in [1.29, 1.82) is 0 Å². The third-order valence-electron chi connectivity index (χ3n) is 2.94. The van der Waals surface area contributed by atoms with Gasteiger partial charge in [-0.2, -0.15) is 0 Å². The smallest absolute Gasteiger partial charge is 0.412 e. The molecule has 2 aromatic rings. The lowest BCUT2D eigenvalue weighted by molar-refractivity contribution is 0.0636. The van der Waals surface area contributed by atoms with E-state index < -0.39 is 11.7 Å². The van der Waals surface area contributed by atoms with Gasteiger partial charge in [0.25, 0.3) is 0 Å². The molecule has 0 aliphatic heterocycles. The molecule has 2 rings (SSSR count). The van der Waals surface area contributed by atoms with Crippen LogP contribution in [0.25, 0.3) is 10.9 Å². The number of nitrogens with one attached hydrogen (secondary N) is 1. The van der Waals surface area contributed by atoms with Crippen LogP contribution in [0.5, 0.6) is 11.5 Å². The molecule has 1 amide bonds. The SMILES string of the molecule is COc1cc2ncc(NC(=O)OC(C)(C)C)c(Cl)c2cc1OC. The Labute approximate surface area is 139 Å². The van der Waals surface area contributed by atoms with Gasteiger partial charge in [0.15, 0.2) is 11.5 Å². The maximum Gasteiger partial charge on any atom is 0.412 e. The number of carbonyl (C=O) groups is 1. The molecule has 0 aliphatic rings. The number of aromatic nitrogens is 1. The average Bonchev–Trinajstić information content (AvgIpc) is 2.47. The Morgan fingerprint density at radius 1 is 1.17 bits per heavy atom. The molecule has 0 fully saturated rings. The lowest BCUT2D eigenvalue weighted by atomic mass is 10.2. The normalized spacial score (nSPS) is 11.2. The number of hydrogen-bond acceptors (Lipinski definition) is 5. The van der Waals surface area contributed by atoms with Gasteiger partial charge in [-0.05, 0) is 26.8 Å². The second-order valence-electron chi connectivity index (χ2n) is 5.84. The fourth-order valence-electron chi connectivity index (χ4n) is 1.99. The van der Waals surface area contributed by atoms with E-state index in [4.69, 9.17) is 25.8 Å². The Morgan fingerprint density at radius 2 is 1.78 bits per heavy atom. The summed E-state index contributed by atoms with van der Waals surface area (Å²) in [5.74, 6) is 1.08. The first-order valence-corrected chi connectivity index (χ1v) is 7.33. The number of benzene rings is 1. The minimum absolute atomic E-state index is 0.349. The Kier molecular flexibility index (Phi) is 4.85. The molecule has 1 aromatic carbocycles. The second kappa shape index (κ2) is 6.50. The highest BCUT2D eigenvalue weighted by Crippen LogP contribution is 2.37. The summed E-state index contributed by atoms with van der Waals surface area (Å²) in [6, 6.07) is 3.43. The summed E-state index contributed by atoms with van der Waals surface area (Å²) in [5.41, 5.74) is 0.389. The first-order chi connectivity index (χ1) is 10.7. The van der Waals surface area contributed by atoms with E-state index in [0.29, 0.717) is 33.1 Å². The summed E-state index contributed by atoms with van der Waals surface area (Å²) >= 11 is 6.37. The van der Waals surface area contributed by atoms with Crippen LogP contribution in [0, 0.1) is 0 Å². The summed E-state index contributed by atoms with van der Waals surface area (Å²) < 4.78 is 15.7. The van der Waals surface area contributed by atoms with Crippen molar-refractivity contribution in [3.05, 3.63) is 23.4 Å². The molecule has 1 N–H and O–H groups in total. The molecule has 0 saturated heterocycles. The molecule has 1 heterocycles. The van der Waals surface area contributed by atoms with Crippen molar-refractivity contribution < 1.29 is 19.0 Å². The van der Waals surface area contributed by atoms with Crippen LogP contribution in [0.1, 0.15) is 20.8 Å². The highest BCUT2D eigenvalue weighted by atomic mass is 35.5. The van der Waals surface area contributed by atoms with Crippen LogP contribution in [-0.2, 0) is 4.74 Å². The molecule has 124 valence electrons. The molecule has 0 bridgehead atoms. The zero-order chi connectivity index (χ0) is 17.2. The summed E-state index contributed by atoms with van der Waals surface area (Å²) in [7, 11) is 3.08. The number of carbonyl (C=O) groups excluding carboxylic acids is 1. The van der Waals surface area contributed by atoms with Crippen molar-refractivity contribution in [2.24, 2.45) is 0 Å². The quantitative estimate of drug-likeness (QED) is 0.905. The number of halogens is 1. The Balaban J connectivity index is 2.40. The van der Waals surface area contributed by atoms with Crippen LogP contribution in [0.2, 0.25) is 5.02 Å². The fourth-order valence-corrected chi connectivity index (χ4v) is 2.23. The molecule has 0 spiro atoms. The van der Waals surface area contributed by atoms with E-state index in [1.54, 1.807) is 40.0 Å². The van der Waals surface area contributed by atoms with Gasteiger partial charge in [-0.1, -0.05) is 11.6 Å². The van der Waals surface area contributed by atoms with E-state index in [2.05, 4.69) is 10.3 Å². The number of fused-ring (bicyclic) bond motifs is 1. The molecular weight excluding hydrogens is 320 g/mol. The topological polar surface area (TPSA) is 69.7 Å². The molecule has 0 saturated carbocycles. The molecule has 0 radical (unpaired) electrons. The maximum absolute atomic E-state index is 11.9. The fraction of sp³-hybridized carbons (Fsp3) is 0.375. The molecule has 23 heavy (non-hydrogen) atoms. The minimum Gasteiger partial charge on any atom is -0.493 e. The molecule has 7 heteroatoms.